The molecule has 4 nitrogen and oxygen atoms in total. The van der Waals surface area contributed by atoms with E-state index in [9.17, 15) is 8.42 Å². The van der Waals surface area contributed by atoms with Crippen molar-refractivity contribution in [2.45, 2.75) is 45.6 Å². The molecule has 0 saturated heterocycles. The summed E-state index contributed by atoms with van der Waals surface area (Å²) in [6, 6.07) is 0.0859. The van der Waals surface area contributed by atoms with Gasteiger partial charge in [0.2, 0.25) is 10.0 Å². The summed E-state index contributed by atoms with van der Waals surface area (Å²) in [5.74, 6) is 0.143. The molecule has 0 aromatic heterocycles. The topological polar surface area (TPSA) is 72.2 Å². The van der Waals surface area contributed by atoms with E-state index in [-0.39, 0.29) is 11.8 Å². The zero-order chi connectivity index (χ0) is 11.0. The van der Waals surface area contributed by atoms with Gasteiger partial charge in [-0.05, 0) is 25.8 Å². The van der Waals surface area contributed by atoms with Crippen molar-refractivity contribution in [2.24, 2.45) is 5.73 Å². The molecule has 0 aromatic rings. The molecule has 0 aliphatic heterocycles. The second kappa shape index (κ2) is 7.20. The van der Waals surface area contributed by atoms with Crippen LogP contribution >= 0.6 is 0 Å². The summed E-state index contributed by atoms with van der Waals surface area (Å²) in [7, 11) is -3.11. The molecule has 0 rings (SSSR count). The standard InChI is InChI=1S/C9H22N2O2S/c1-3-6-9(4-2)11-14(12,13)8-5-7-10/h9,11H,3-8,10H2,1-2H3. The number of hydrogen-bond donors (Lipinski definition) is 2. The molecule has 0 heterocycles. The van der Waals surface area contributed by atoms with E-state index in [4.69, 9.17) is 5.73 Å². The van der Waals surface area contributed by atoms with Gasteiger partial charge in [0, 0.05) is 6.04 Å². The molecule has 0 amide bonds. The summed E-state index contributed by atoms with van der Waals surface area (Å²) < 4.78 is 25.6. The molecule has 14 heavy (non-hydrogen) atoms. The van der Waals surface area contributed by atoms with E-state index in [2.05, 4.69) is 11.6 Å². The summed E-state index contributed by atoms with van der Waals surface area (Å²) in [4.78, 5) is 0. The fraction of sp³-hybridized carbons (Fsp3) is 1.00. The van der Waals surface area contributed by atoms with E-state index in [1.807, 2.05) is 6.92 Å². The predicted molar refractivity (Wildman–Crippen MR) is 59.6 cm³/mol. The first-order valence-electron chi connectivity index (χ1n) is 5.25. The third-order valence-electron chi connectivity index (χ3n) is 2.09. The number of nitrogens with one attached hydrogen (secondary N) is 1. The van der Waals surface area contributed by atoms with Gasteiger partial charge in [0.15, 0.2) is 0 Å². The third-order valence-corrected chi connectivity index (χ3v) is 3.61. The van der Waals surface area contributed by atoms with E-state index in [1.54, 1.807) is 0 Å². The van der Waals surface area contributed by atoms with Gasteiger partial charge in [-0.25, -0.2) is 13.1 Å². The van der Waals surface area contributed by atoms with E-state index in [1.165, 1.54) is 0 Å². The number of nitrogens with two attached hydrogens (primary N) is 1. The van der Waals surface area contributed by atoms with Crippen LogP contribution in [0.1, 0.15) is 39.5 Å². The Morgan fingerprint density at radius 1 is 1.36 bits per heavy atom. The Kier molecular flexibility index (Phi) is 7.13. The van der Waals surface area contributed by atoms with Crippen LogP contribution in [0.3, 0.4) is 0 Å². The van der Waals surface area contributed by atoms with E-state index in [0.29, 0.717) is 13.0 Å². The Balaban J connectivity index is 4.04. The van der Waals surface area contributed by atoms with E-state index in [0.717, 1.165) is 19.3 Å². The van der Waals surface area contributed by atoms with Crippen molar-refractivity contribution in [1.82, 2.24) is 4.72 Å². The van der Waals surface area contributed by atoms with Crippen LogP contribution in [0.5, 0.6) is 0 Å². The lowest BCUT2D eigenvalue weighted by Gasteiger charge is -2.15. The first-order chi connectivity index (χ1) is 6.55. The molecule has 0 radical (unpaired) electrons. The van der Waals surface area contributed by atoms with Gasteiger partial charge >= 0.3 is 0 Å². The highest BCUT2D eigenvalue weighted by atomic mass is 32.2. The van der Waals surface area contributed by atoms with Crippen LogP contribution in [0.25, 0.3) is 0 Å². The van der Waals surface area contributed by atoms with Crippen molar-refractivity contribution in [3.63, 3.8) is 0 Å². The molecule has 0 spiro atoms. The molecule has 1 unspecified atom stereocenters. The van der Waals surface area contributed by atoms with Gasteiger partial charge in [0.25, 0.3) is 0 Å². The van der Waals surface area contributed by atoms with Crippen molar-refractivity contribution >= 4 is 10.0 Å². The zero-order valence-corrected chi connectivity index (χ0v) is 9.94. The van der Waals surface area contributed by atoms with Crippen LogP contribution in [0, 0.1) is 0 Å². The van der Waals surface area contributed by atoms with Crippen LogP contribution in [0.4, 0.5) is 0 Å². The summed E-state index contributed by atoms with van der Waals surface area (Å²) in [5.41, 5.74) is 5.27. The highest BCUT2D eigenvalue weighted by Gasteiger charge is 2.14. The fourth-order valence-electron chi connectivity index (χ4n) is 1.28. The van der Waals surface area contributed by atoms with Gasteiger partial charge in [-0.1, -0.05) is 20.3 Å². The quantitative estimate of drug-likeness (QED) is 0.639. The zero-order valence-electron chi connectivity index (χ0n) is 9.12. The van der Waals surface area contributed by atoms with Crippen molar-refractivity contribution in [1.29, 1.82) is 0 Å². The molecule has 5 heteroatoms. The van der Waals surface area contributed by atoms with Crippen LogP contribution in [0.2, 0.25) is 0 Å². The van der Waals surface area contributed by atoms with E-state index < -0.39 is 10.0 Å². The molecule has 3 N–H and O–H groups in total. The van der Waals surface area contributed by atoms with Gasteiger partial charge in [-0.15, -0.1) is 0 Å². The Bertz CT molecular complexity index is 227. The first-order valence-corrected chi connectivity index (χ1v) is 6.91. The van der Waals surface area contributed by atoms with Crippen LogP contribution in [-0.2, 0) is 10.0 Å². The highest BCUT2D eigenvalue weighted by Crippen LogP contribution is 2.03. The van der Waals surface area contributed by atoms with E-state index >= 15 is 0 Å². The van der Waals surface area contributed by atoms with Gasteiger partial charge < -0.3 is 5.73 Å². The largest absolute Gasteiger partial charge is 0.330 e. The molecule has 0 aliphatic rings. The first kappa shape index (κ1) is 13.9. The Morgan fingerprint density at radius 3 is 2.43 bits per heavy atom. The summed E-state index contributed by atoms with van der Waals surface area (Å²) in [5, 5.41) is 0. The Labute approximate surface area is 87.3 Å². The minimum Gasteiger partial charge on any atom is -0.330 e. The maximum Gasteiger partial charge on any atom is 0.211 e. The van der Waals surface area contributed by atoms with Crippen molar-refractivity contribution in [3.8, 4) is 0 Å². The molecule has 0 saturated carbocycles. The molecule has 0 fully saturated rings. The number of rotatable bonds is 8. The smallest absolute Gasteiger partial charge is 0.211 e. The summed E-state index contributed by atoms with van der Waals surface area (Å²) in [6.45, 7) is 4.47. The van der Waals surface area contributed by atoms with Gasteiger partial charge in [-0.3, -0.25) is 0 Å². The molecular formula is C9H22N2O2S. The van der Waals surface area contributed by atoms with Gasteiger partial charge in [-0.2, -0.15) is 0 Å². The highest BCUT2D eigenvalue weighted by molar-refractivity contribution is 7.89. The maximum atomic E-state index is 11.5. The monoisotopic (exact) mass is 222 g/mol. The Hall–Kier alpha value is -0.130. The fourth-order valence-corrected chi connectivity index (χ4v) is 2.74. The van der Waals surface area contributed by atoms with Crippen molar-refractivity contribution in [3.05, 3.63) is 0 Å². The maximum absolute atomic E-state index is 11.5. The minimum atomic E-state index is -3.11. The van der Waals surface area contributed by atoms with Crippen LogP contribution in [-0.4, -0.2) is 26.8 Å². The molecule has 0 aromatic carbocycles. The van der Waals surface area contributed by atoms with Crippen molar-refractivity contribution in [2.75, 3.05) is 12.3 Å². The average Bonchev–Trinajstić information content (AvgIpc) is 2.14. The Morgan fingerprint density at radius 2 is 2.00 bits per heavy atom. The lowest BCUT2D eigenvalue weighted by atomic mass is 10.1. The second-order valence-corrected chi connectivity index (χ2v) is 5.35. The van der Waals surface area contributed by atoms with Gasteiger partial charge in [0.1, 0.15) is 0 Å². The second-order valence-electron chi connectivity index (χ2n) is 3.47. The van der Waals surface area contributed by atoms with Crippen LogP contribution in [0.15, 0.2) is 0 Å². The SMILES string of the molecule is CCCC(CC)NS(=O)(=O)CCCN. The van der Waals surface area contributed by atoms with Crippen molar-refractivity contribution < 1.29 is 8.42 Å². The van der Waals surface area contributed by atoms with Crippen LogP contribution < -0.4 is 10.5 Å². The third kappa shape index (κ3) is 6.34. The molecule has 86 valence electrons. The molecule has 0 aliphatic carbocycles. The number of sulfonamides is 1. The normalized spacial score (nSPS) is 14.2. The lowest BCUT2D eigenvalue weighted by Crippen LogP contribution is -2.36. The van der Waals surface area contributed by atoms with Gasteiger partial charge in [0.05, 0.1) is 5.75 Å². The summed E-state index contributed by atoms with van der Waals surface area (Å²) in [6.07, 6.45) is 3.27. The molecule has 1 atom stereocenters. The number of hydrogen-bond acceptors (Lipinski definition) is 3. The molecular weight excluding hydrogens is 200 g/mol. The minimum absolute atomic E-state index is 0.0859. The average molecular weight is 222 g/mol. The molecule has 0 bridgehead atoms. The predicted octanol–water partition coefficient (Wildman–Crippen LogP) is 0.833. The summed E-state index contributed by atoms with van der Waals surface area (Å²) >= 11 is 0. The lowest BCUT2D eigenvalue weighted by molar-refractivity contribution is 0.511.